The summed E-state index contributed by atoms with van der Waals surface area (Å²) in [4.78, 5) is 22.4. The van der Waals surface area contributed by atoms with E-state index in [9.17, 15) is 14.9 Å². The number of carbonyl (C=O) groups excluding carboxylic acids is 1. The van der Waals surface area contributed by atoms with E-state index in [4.69, 9.17) is 4.74 Å². The standard InChI is InChI=1S/C17H17N3O4/c1-3-24-15-6-4-5-13(9-15)11-18-19-17(21)14-8-7-12(2)16(10-14)20(22)23/h4-11H,3H2,1-2H3,(H,19,21)/b18-11+. The summed E-state index contributed by atoms with van der Waals surface area (Å²) in [5.74, 6) is 0.192. The zero-order valence-corrected chi connectivity index (χ0v) is 13.4. The SMILES string of the molecule is CCOc1cccc(/C=N/NC(=O)c2ccc(C)c([N+](=O)[O-])c2)c1. The monoisotopic (exact) mass is 327 g/mol. The van der Waals surface area contributed by atoms with E-state index in [1.54, 1.807) is 13.0 Å². The minimum atomic E-state index is -0.519. The van der Waals surface area contributed by atoms with Crippen LogP contribution in [-0.4, -0.2) is 23.7 Å². The average Bonchev–Trinajstić information content (AvgIpc) is 2.55. The van der Waals surface area contributed by atoms with Crippen molar-refractivity contribution >= 4 is 17.8 Å². The Labute approximate surface area is 139 Å². The Kier molecular flexibility index (Phi) is 5.62. The van der Waals surface area contributed by atoms with E-state index in [1.165, 1.54) is 24.4 Å². The molecule has 7 heteroatoms. The predicted molar refractivity (Wildman–Crippen MR) is 90.5 cm³/mol. The lowest BCUT2D eigenvalue weighted by molar-refractivity contribution is -0.385. The number of ether oxygens (including phenoxy) is 1. The smallest absolute Gasteiger partial charge is 0.273 e. The van der Waals surface area contributed by atoms with Crippen LogP contribution in [0.15, 0.2) is 47.6 Å². The maximum atomic E-state index is 12.0. The highest BCUT2D eigenvalue weighted by atomic mass is 16.6. The summed E-state index contributed by atoms with van der Waals surface area (Å²) in [5, 5.41) is 14.8. The van der Waals surface area contributed by atoms with Crippen molar-refractivity contribution in [3.8, 4) is 5.75 Å². The normalized spacial score (nSPS) is 10.6. The third-order valence-electron chi connectivity index (χ3n) is 3.22. The van der Waals surface area contributed by atoms with Crippen LogP contribution in [-0.2, 0) is 0 Å². The summed E-state index contributed by atoms with van der Waals surface area (Å²) in [6.07, 6.45) is 1.48. The number of amides is 1. The molecule has 2 aromatic rings. The molecule has 0 aliphatic heterocycles. The van der Waals surface area contributed by atoms with Crippen LogP contribution < -0.4 is 10.2 Å². The quantitative estimate of drug-likeness (QED) is 0.501. The Balaban J connectivity index is 2.06. The molecule has 24 heavy (non-hydrogen) atoms. The van der Waals surface area contributed by atoms with Gasteiger partial charge in [-0.1, -0.05) is 18.2 Å². The molecule has 0 saturated carbocycles. The minimum Gasteiger partial charge on any atom is -0.494 e. The van der Waals surface area contributed by atoms with Crippen LogP contribution in [0.4, 0.5) is 5.69 Å². The maximum absolute atomic E-state index is 12.0. The van der Waals surface area contributed by atoms with Crippen LogP contribution in [0.2, 0.25) is 0 Å². The molecule has 0 heterocycles. The van der Waals surface area contributed by atoms with Gasteiger partial charge in [-0.05, 0) is 37.6 Å². The molecule has 0 spiro atoms. The number of rotatable bonds is 6. The molecule has 0 aromatic heterocycles. The number of carbonyl (C=O) groups is 1. The first-order chi connectivity index (χ1) is 11.5. The zero-order valence-electron chi connectivity index (χ0n) is 13.4. The molecule has 7 nitrogen and oxygen atoms in total. The predicted octanol–water partition coefficient (Wildman–Crippen LogP) is 3.07. The molecule has 1 amide bonds. The van der Waals surface area contributed by atoms with Gasteiger partial charge in [-0.3, -0.25) is 14.9 Å². The van der Waals surface area contributed by atoms with Crippen LogP contribution in [0, 0.1) is 17.0 Å². The van der Waals surface area contributed by atoms with Crippen molar-refractivity contribution in [1.29, 1.82) is 0 Å². The highest BCUT2D eigenvalue weighted by Gasteiger charge is 2.14. The Morgan fingerprint density at radius 1 is 1.33 bits per heavy atom. The summed E-state index contributed by atoms with van der Waals surface area (Å²) < 4.78 is 5.38. The third-order valence-corrected chi connectivity index (χ3v) is 3.22. The van der Waals surface area contributed by atoms with Gasteiger partial charge in [-0.25, -0.2) is 5.43 Å². The Morgan fingerprint density at radius 2 is 2.12 bits per heavy atom. The van der Waals surface area contributed by atoms with Crippen molar-refractivity contribution in [2.75, 3.05) is 6.61 Å². The van der Waals surface area contributed by atoms with Gasteiger partial charge in [0.05, 0.1) is 17.7 Å². The maximum Gasteiger partial charge on any atom is 0.273 e. The largest absolute Gasteiger partial charge is 0.494 e. The van der Waals surface area contributed by atoms with Gasteiger partial charge in [0.2, 0.25) is 0 Å². The van der Waals surface area contributed by atoms with Crippen molar-refractivity contribution in [3.05, 3.63) is 69.3 Å². The summed E-state index contributed by atoms with van der Waals surface area (Å²) >= 11 is 0. The Hall–Kier alpha value is -3.22. The lowest BCUT2D eigenvalue weighted by atomic mass is 10.1. The fourth-order valence-corrected chi connectivity index (χ4v) is 2.03. The van der Waals surface area contributed by atoms with Crippen molar-refractivity contribution in [1.82, 2.24) is 5.43 Å². The zero-order chi connectivity index (χ0) is 17.5. The van der Waals surface area contributed by atoms with Crippen LogP contribution >= 0.6 is 0 Å². The van der Waals surface area contributed by atoms with E-state index >= 15 is 0 Å². The van der Waals surface area contributed by atoms with Gasteiger partial charge in [0.15, 0.2) is 0 Å². The number of nitro benzene ring substituents is 1. The van der Waals surface area contributed by atoms with E-state index in [-0.39, 0.29) is 11.3 Å². The number of hydrazone groups is 1. The van der Waals surface area contributed by atoms with E-state index in [0.717, 1.165) is 5.56 Å². The molecule has 0 unspecified atom stereocenters. The highest BCUT2D eigenvalue weighted by Crippen LogP contribution is 2.19. The lowest BCUT2D eigenvalue weighted by Crippen LogP contribution is -2.17. The van der Waals surface area contributed by atoms with Gasteiger partial charge < -0.3 is 4.74 Å². The molecule has 2 rings (SSSR count). The van der Waals surface area contributed by atoms with E-state index in [0.29, 0.717) is 17.9 Å². The topological polar surface area (TPSA) is 93.8 Å². The van der Waals surface area contributed by atoms with Gasteiger partial charge in [0.25, 0.3) is 11.6 Å². The van der Waals surface area contributed by atoms with E-state index < -0.39 is 10.8 Å². The number of nitrogens with one attached hydrogen (secondary N) is 1. The van der Waals surface area contributed by atoms with E-state index in [1.807, 2.05) is 25.1 Å². The molecule has 124 valence electrons. The van der Waals surface area contributed by atoms with Crippen molar-refractivity contribution < 1.29 is 14.5 Å². The summed E-state index contributed by atoms with van der Waals surface area (Å²) in [6, 6.07) is 11.5. The van der Waals surface area contributed by atoms with Gasteiger partial charge >= 0.3 is 0 Å². The molecule has 0 radical (unpaired) electrons. The fraction of sp³-hybridized carbons (Fsp3) is 0.176. The number of nitrogens with zero attached hydrogens (tertiary/aromatic N) is 2. The van der Waals surface area contributed by atoms with Crippen LogP contribution in [0.1, 0.15) is 28.4 Å². The van der Waals surface area contributed by atoms with E-state index in [2.05, 4.69) is 10.5 Å². The molecule has 0 fully saturated rings. The lowest BCUT2D eigenvalue weighted by Gasteiger charge is -2.03. The van der Waals surface area contributed by atoms with Crippen LogP contribution in [0.5, 0.6) is 5.75 Å². The second kappa shape index (κ2) is 7.87. The molecule has 0 atom stereocenters. The molecular formula is C17H17N3O4. The Morgan fingerprint density at radius 3 is 2.83 bits per heavy atom. The van der Waals surface area contributed by atoms with Gasteiger partial charge in [-0.15, -0.1) is 0 Å². The summed E-state index contributed by atoms with van der Waals surface area (Å²) in [7, 11) is 0. The van der Waals surface area contributed by atoms with Crippen molar-refractivity contribution in [2.45, 2.75) is 13.8 Å². The van der Waals surface area contributed by atoms with Crippen molar-refractivity contribution in [3.63, 3.8) is 0 Å². The second-order valence-electron chi connectivity index (χ2n) is 4.96. The summed E-state index contributed by atoms with van der Waals surface area (Å²) in [5.41, 5.74) is 3.68. The molecule has 2 aromatic carbocycles. The number of nitro groups is 1. The fourth-order valence-electron chi connectivity index (χ4n) is 2.03. The molecule has 0 saturated heterocycles. The number of benzene rings is 2. The molecule has 0 aliphatic rings. The van der Waals surface area contributed by atoms with Gasteiger partial charge in [0.1, 0.15) is 5.75 Å². The highest BCUT2D eigenvalue weighted by molar-refractivity contribution is 5.95. The number of aryl methyl sites for hydroxylation is 1. The first kappa shape index (κ1) is 17.1. The molecular weight excluding hydrogens is 310 g/mol. The molecule has 0 bridgehead atoms. The third kappa shape index (κ3) is 4.39. The summed E-state index contributed by atoms with van der Waals surface area (Å²) in [6.45, 7) is 4.06. The Bertz CT molecular complexity index is 787. The number of hydrogen-bond acceptors (Lipinski definition) is 5. The first-order valence-corrected chi connectivity index (χ1v) is 7.32. The van der Waals surface area contributed by atoms with Crippen LogP contribution in [0.25, 0.3) is 0 Å². The molecule has 0 aliphatic carbocycles. The van der Waals surface area contributed by atoms with Gasteiger partial charge in [0, 0.05) is 17.2 Å². The average molecular weight is 327 g/mol. The minimum absolute atomic E-state index is 0.101. The second-order valence-corrected chi connectivity index (χ2v) is 4.96. The number of hydrogen-bond donors (Lipinski definition) is 1. The van der Waals surface area contributed by atoms with Gasteiger partial charge in [-0.2, -0.15) is 5.10 Å². The molecule has 1 N–H and O–H groups in total. The first-order valence-electron chi connectivity index (χ1n) is 7.32. The van der Waals surface area contributed by atoms with Crippen LogP contribution in [0.3, 0.4) is 0 Å². The van der Waals surface area contributed by atoms with Crippen molar-refractivity contribution in [2.24, 2.45) is 5.10 Å².